The van der Waals surface area contributed by atoms with E-state index in [1.54, 1.807) is 36.4 Å². The van der Waals surface area contributed by atoms with Gasteiger partial charge in [-0.25, -0.2) is 4.79 Å². The third-order valence-corrected chi connectivity index (χ3v) is 4.86. The van der Waals surface area contributed by atoms with Crippen molar-refractivity contribution in [3.63, 3.8) is 0 Å². The van der Waals surface area contributed by atoms with Crippen LogP contribution in [0.4, 0.5) is 0 Å². The zero-order valence-electron chi connectivity index (χ0n) is 12.5. The van der Waals surface area contributed by atoms with Gasteiger partial charge < -0.3 is 5.11 Å². The van der Waals surface area contributed by atoms with Gasteiger partial charge in [-0.05, 0) is 17.2 Å². The summed E-state index contributed by atoms with van der Waals surface area (Å²) in [5.74, 6) is -1.50. The number of carbonyl (C=O) groups excluding carboxylic acids is 1. The molecule has 1 aliphatic heterocycles. The predicted octanol–water partition coefficient (Wildman–Crippen LogP) is 3.71. The number of thioether (sulfide) groups is 1. The van der Waals surface area contributed by atoms with E-state index < -0.39 is 12.0 Å². The van der Waals surface area contributed by atoms with E-state index in [0.717, 1.165) is 17.3 Å². The van der Waals surface area contributed by atoms with Crippen LogP contribution in [-0.2, 0) is 9.59 Å². The summed E-state index contributed by atoms with van der Waals surface area (Å²) in [6, 6.07) is 16.9. The van der Waals surface area contributed by atoms with Gasteiger partial charge in [-0.15, -0.1) is 0 Å². The van der Waals surface area contributed by atoms with Crippen molar-refractivity contribution in [2.45, 2.75) is 6.04 Å². The van der Waals surface area contributed by atoms with Crippen molar-refractivity contribution in [2.24, 2.45) is 0 Å². The molecule has 0 aromatic heterocycles. The highest BCUT2D eigenvalue weighted by Gasteiger charge is 2.41. The van der Waals surface area contributed by atoms with Crippen LogP contribution in [0.15, 0.2) is 65.6 Å². The van der Waals surface area contributed by atoms with E-state index in [1.165, 1.54) is 4.90 Å². The van der Waals surface area contributed by atoms with Crippen LogP contribution < -0.4 is 0 Å². The van der Waals surface area contributed by atoms with Gasteiger partial charge in [0.15, 0.2) is 6.04 Å². The van der Waals surface area contributed by atoms with E-state index in [2.05, 4.69) is 0 Å². The first-order valence-electron chi connectivity index (χ1n) is 7.18. The summed E-state index contributed by atoms with van der Waals surface area (Å²) >= 11 is 6.39. The Balaban J connectivity index is 1.96. The van der Waals surface area contributed by atoms with Gasteiger partial charge in [0.05, 0.1) is 4.91 Å². The molecule has 4 nitrogen and oxygen atoms in total. The van der Waals surface area contributed by atoms with Gasteiger partial charge in [-0.2, -0.15) is 0 Å². The number of carboxylic acids is 1. The number of thiocarbonyl (C=S) groups is 1. The van der Waals surface area contributed by atoms with E-state index >= 15 is 0 Å². The fourth-order valence-corrected chi connectivity index (χ4v) is 3.75. The number of benzene rings is 2. The van der Waals surface area contributed by atoms with Crippen molar-refractivity contribution in [2.75, 3.05) is 0 Å². The molecule has 0 aliphatic carbocycles. The van der Waals surface area contributed by atoms with Crippen LogP contribution in [0.25, 0.3) is 6.08 Å². The first kappa shape index (κ1) is 16.4. The monoisotopic (exact) mass is 355 g/mol. The molecule has 1 aliphatic rings. The van der Waals surface area contributed by atoms with Crippen LogP contribution >= 0.6 is 24.0 Å². The molecule has 0 saturated carbocycles. The standard InChI is InChI=1S/C18H13NO3S2/c20-16-14(11-12-7-3-1-4-8-12)24-18(23)19(16)15(17(21)22)13-9-5-2-6-10-13/h1-11,15H,(H,21,22)/b14-11-. The summed E-state index contributed by atoms with van der Waals surface area (Å²) in [6.45, 7) is 0. The highest BCUT2D eigenvalue weighted by molar-refractivity contribution is 8.26. The van der Waals surface area contributed by atoms with E-state index in [1.807, 2.05) is 30.3 Å². The van der Waals surface area contributed by atoms with Gasteiger partial charge >= 0.3 is 5.97 Å². The number of rotatable bonds is 4. The van der Waals surface area contributed by atoms with Gasteiger partial charge in [-0.3, -0.25) is 9.69 Å². The van der Waals surface area contributed by atoms with Crippen LogP contribution in [0, 0.1) is 0 Å². The molecule has 1 saturated heterocycles. The van der Waals surface area contributed by atoms with Crippen LogP contribution in [0.2, 0.25) is 0 Å². The molecule has 1 N–H and O–H groups in total. The zero-order chi connectivity index (χ0) is 17.1. The average molecular weight is 355 g/mol. The Hall–Kier alpha value is -2.44. The third kappa shape index (κ3) is 3.25. The van der Waals surface area contributed by atoms with E-state index in [-0.39, 0.29) is 10.2 Å². The molecular weight excluding hydrogens is 342 g/mol. The average Bonchev–Trinajstić information content (AvgIpc) is 2.85. The van der Waals surface area contributed by atoms with Gasteiger partial charge in [0.25, 0.3) is 5.91 Å². The van der Waals surface area contributed by atoms with Crippen molar-refractivity contribution < 1.29 is 14.7 Å². The number of carbonyl (C=O) groups is 2. The minimum absolute atomic E-state index is 0.249. The minimum Gasteiger partial charge on any atom is -0.479 e. The van der Waals surface area contributed by atoms with E-state index in [4.69, 9.17) is 12.2 Å². The Bertz CT molecular complexity index is 819. The number of aliphatic carboxylic acids is 1. The fraction of sp³-hybridized carbons (Fsp3) is 0.0556. The maximum atomic E-state index is 12.7. The number of carboxylic acid groups (broad SMARTS) is 1. The van der Waals surface area contributed by atoms with Crippen LogP contribution in [-0.4, -0.2) is 26.2 Å². The predicted molar refractivity (Wildman–Crippen MR) is 98.3 cm³/mol. The minimum atomic E-state index is -1.12. The molecule has 1 heterocycles. The van der Waals surface area contributed by atoms with E-state index in [0.29, 0.717) is 10.5 Å². The zero-order valence-corrected chi connectivity index (χ0v) is 14.1. The topological polar surface area (TPSA) is 57.6 Å². The second kappa shape index (κ2) is 6.98. The molecule has 24 heavy (non-hydrogen) atoms. The van der Waals surface area contributed by atoms with E-state index in [9.17, 15) is 14.7 Å². The maximum Gasteiger partial charge on any atom is 0.331 e. The fourth-order valence-electron chi connectivity index (χ4n) is 2.44. The summed E-state index contributed by atoms with van der Waals surface area (Å²) in [5, 5.41) is 9.62. The summed E-state index contributed by atoms with van der Waals surface area (Å²) < 4.78 is 0.249. The molecule has 120 valence electrons. The maximum absolute atomic E-state index is 12.7. The Morgan fingerprint density at radius 3 is 2.25 bits per heavy atom. The molecule has 1 fully saturated rings. The third-order valence-electron chi connectivity index (χ3n) is 3.53. The van der Waals surface area contributed by atoms with Gasteiger partial charge in [0.1, 0.15) is 4.32 Å². The molecule has 3 rings (SSSR count). The smallest absolute Gasteiger partial charge is 0.331 e. The molecule has 2 aromatic carbocycles. The molecule has 1 amide bonds. The molecule has 0 radical (unpaired) electrons. The highest BCUT2D eigenvalue weighted by atomic mass is 32.2. The normalized spacial score (nSPS) is 17.3. The first-order valence-corrected chi connectivity index (χ1v) is 8.40. The lowest BCUT2D eigenvalue weighted by atomic mass is 10.1. The van der Waals surface area contributed by atoms with Crippen LogP contribution in [0.1, 0.15) is 17.2 Å². The number of amides is 1. The van der Waals surface area contributed by atoms with Gasteiger partial charge in [-0.1, -0.05) is 84.6 Å². The van der Waals surface area contributed by atoms with Crippen molar-refractivity contribution in [3.05, 3.63) is 76.7 Å². The molecule has 0 bridgehead atoms. The molecule has 1 atom stereocenters. The summed E-state index contributed by atoms with van der Waals surface area (Å²) in [7, 11) is 0. The number of nitrogens with zero attached hydrogens (tertiary/aromatic N) is 1. The van der Waals surface area contributed by atoms with Crippen LogP contribution in [0.3, 0.4) is 0 Å². The Morgan fingerprint density at radius 2 is 1.67 bits per heavy atom. The van der Waals surface area contributed by atoms with Crippen LogP contribution in [0.5, 0.6) is 0 Å². The Morgan fingerprint density at radius 1 is 1.08 bits per heavy atom. The molecule has 1 unspecified atom stereocenters. The van der Waals surface area contributed by atoms with Crippen molar-refractivity contribution in [3.8, 4) is 0 Å². The lowest BCUT2D eigenvalue weighted by Crippen LogP contribution is -2.37. The quantitative estimate of drug-likeness (QED) is 0.669. The molecule has 6 heteroatoms. The first-order chi connectivity index (χ1) is 11.6. The lowest BCUT2D eigenvalue weighted by Gasteiger charge is -2.23. The molecule has 0 spiro atoms. The van der Waals surface area contributed by atoms with Crippen molar-refractivity contribution in [1.29, 1.82) is 0 Å². The number of hydrogen-bond donors (Lipinski definition) is 1. The largest absolute Gasteiger partial charge is 0.479 e. The molecular formula is C18H13NO3S2. The van der Waals surface area contributed by atoms with Gasteiger partial charge in [0, 0.05) is 0 Å². The van der Waals surface area contributed by atoms with Gasteiger partial charge in [0.2, 0.25) is 0 Å². The molecule has 2 aromatic rings. The second-order valence-electron chi connectivity index (χ2n) is 5.11. The second-order valence-corrected chi connectivity index (χ2v) is 6.79. The van der Waals surface area contributed by atoms with Crippen molar-refractivity contribution in [1.82, 2.24) is 4.90 Å². The highest BCUT2D eigenvalue weighted by Crippen LogP contribution is 2.38. The summed E-state index contributed by atoms with van der Waals surface area (Å²) in [4.78, 5) is 26.1. The van der Waals surface area contributed by atoms with Crippen molar-refractivity contribution >= 4 is 46.3 Å². The summed E-state index contributed by atoms with van der Waals surface area (Å²) in [6.07, 6.45) is 1.73. The SMILES string of the molecule is O=C(O)C(c1ccccc1)N1C(=O)/C(=C/c2ccccc2)SC1=S. The number of hydrogen-bond acceptors (Lipinski definition) is 4. The Labute approximate surface area is 148 Å². The lowest BCUT2D eigenvalue weighted by molar-refractivity contribution is -0.145. The Kier molecular flexibility index (Phi) is 4.78. The summed E-state index contributed by atoms with van der Waals surface area (Å²) in [5.41, 5.74) is 1.38.